The first-order valence-electron chi connectivity index (χ1n) is 10.4. The van der Waals surface area contributed by atoms with Crippen molar-refractivity contribution in [1.29, 1.82) is 0 Å². The van der Waals surface area contributed by atoms with Crippen molar-refractivity contribution in [1.82, 2.24) is 9.88 Å². The van der Waals surface area contributed by atoms with E-state index in [1.807, 2.05) is 24.3 Å². The molecule has 0 aliphatic carbocycles. The van der Waals surface area contributed by atoms with Gasteiger partial charge in [-0.25, -0.2) is 4.98 Å². The summed E-state index contributed by atoms with van der Waals surface area (Å²) < 4.78 is 6.58. The standard InChI is InChI=1S/C24H26ClN3O2S/c1-17-7-8-18(2)23-22(17)26-24(31-23)28(12-11-27-13-15-30-16-14-27)21(29)10-9-19-5-3-4-6-20(19)25/h3-10H,11-16H2,1-2H3/b10-9+. The number of nitrogens with zero attached hydrogens (tertiary/aromatic N) is 3. The number of hydrogen-bond donors (Lipinski definition) is 0. The van der Waals surface area contributed by atoms with Crippen LogP contribution in [0.3, 0.4) is 0 Å². The molecule has 1 saturated heterocycles. The molecule has 1 fully saturated rings. The van der Waals surface area contributed by atoms with E-state index in [-0.39, 0.29) is 5.91 Å². The molecule has 0 atom stereocenters. The minimum atomic E-state index is -0.0949. The van der Waals surface area contributed by atoms with Gasteiger partial charge in [-0.05, 0) is 42.7 Å². The topological polar surface area (TPSA) is 45.7 Å². The SMILES string of the molecule is Cc1ccc(C)c2sc(N(CCN3CCOCC3)C(=O)/C=C/c3ccccc3Cl)nc12. The summed E-state index contributed by atoms with van der Waals surface area (Å²) in [5.74, 6) is -0.0949. The van der Waals surface area contributed by atoms with Crippen molar-refractivity contribution in [2.45, 2.75) is 13.8 Å². The highest BCUT2D eigenvalue weighted by atomic mass is 35.5. The molecule has 0 N–H and O–H groups in total. The monoisotopic (exact) mass is 455 g/mol. The lowest BCUT2D eigenvalue weighted by Crippen LogP contribution is -2.42. The van der Waals surface area contributed by atoms with Crippen molar-refractivity contribution >= 4 is 50.3 Å². The minimum Gasteiger partial charge on any atom is -0.379 e. The number of hydrogen-bond acceptors (Lipinski definition) is 5. The van der Waals surface area contributed by atoms with Gasteiger partial charge in [0, 0.05) is 37.3 Å². The zero-order valence-electron chi connectivity index (χ0n) is 17.8. The number of rotatable bonds is 6. The largest absolute Gasteiger partial charge is 0.379 e. The molecule has 5 nitrogen and oxygen atoms in total. The van der Waals surface area contributed by atoms with E-state index in [1.54, 1.807) is 28.4 Å². The van der Waals surface area contributed by atoms with Crippen LogP contribution >= 0.6 is 22.9 Å². The van der Waals surface area contributed by atoms with Crippen molar-refractivity contribution in [3.63, 3.8) is 0 Å². The van der Waals surface area contributed by atoms with Gasteiger partial charge in [0.1, 0.15) is 0 Å². The number of carbonyl (C=O) groups is 1. The maximum absolute atomic E-state index is 13.3. The molecular weight excluding hydrogens is 430 g/mol. The number of carbonyl (C=O) groups excluding carboxylic acids is 1. The van der Waals surface area contributed by atoms with Crippen molar-refractivity contribution in [3.05, 3.63) is 64.2 Å². The zero-order chi connectivity index (χ0) is 21.8. The molecule has 0 radical (unpaired) electrons. The molecule has 2 heterocycles. The van der Waals surface area contributed by atoms with Gasteiger partial charge in [0.2, 0.25) is 0 Å². The van der Waals surface area contributed by atoms with Gasteiger partial charge in [-0.3, -0.25) is 14.6 Å². The first-order valence-corrected chi connectivity index (χ1v) is 11.6. The summed E-state index contributed by atoms with van der Waals surface area (Å²) in [6, 6.07) is 11.7. The van der Waals surface area contributed by atoms with Gasteiger partial charge in [-0.2, -0.15) is 0 Å². The highest BCUT2D eigenvalue weighted by Crippen LogP contribution is 2.33. The number of halogens is 1. The lowest BCUT2D eigenvalue weighted by atomic mass is 10.1. The maximum atomic E-state index is 13.3. The Labute approximate surface area is 191 Å². The summed E-state index contributed by atoms with van der Waals surface area (Å²) >= 11 is 7.83. The van der Waals surface area contributed by atoms with Gasteiger partial charge in [-0.1, -0.05) is 53.3 Å². The van der Waals surface area contributed by atoms with Crippen LogP contribution in [0.1, 0.15) is 16.7 Å². The van der Waals surface area contributed by atoms with Crippen LogP contribution in [0.25, 0.3) is 16.3 Å². The van der Waals surface area contributed by atoms with E-state index < -0.39 is 0 Å². The highest BCUT2D eigenvalue weighted by molar-refractivity contribution is 7.22. The first kappa shape index (κ1) is 22.0. The van der Waals surface area contributed by atoms with Crippen molar-refractivity contribution < 1.29 is 9.53 Å². The van der Waals surface area contributed by atoms with Crippen LogP contribution in [0.4, 0.5) is 5.13 Å². The molecular formula is C24H26ClN3O2S. The van der Waals surface area contributed by atoms with E-state index in [9.17, 15) is 4.79 Å². The summed E-state index contributed by atoms with van der Waals surface area (Å²) in [6.45, 7) is 8.74. The number of aromatic nitrogens is 1. The van der Waals surface area contributed by atoms with E-state index in [0.717, 1.165) is 59.3 Å². The Kier molecular flexibility index (Phi) is 7.02. The number of ether oxygens (including phenoxy) is 1. The van der Waals surface area contributed by atoms with Crippen LogP contribution in [0.2, 0.25) is 5.02 Å². The van der Waals surface area contributed by atoms with Crippen LogP contribution in [-0.4, -0.2) is 55.2 Å². The summed E-state index contributed by atoms with van der Waals surface area (Å²) in [5.41, 5.74) is 4.09. The second-order valence-electron chi connectivity index (χ2n) is 7.67. The molecule has 0 bridgehead atoms. The van der Waals surface area contributed by atoms with Gasteiger partial charge in [0.15, 0.2) is 5.13 Å². The normalized spacial score (nSPS) is 15.1. The third-order valence-electron chi connectivity index (χ3n) is 5.48. The highest BCUT2D eigenvalue weighted by Gasteiger charge is 2.21. The Morgan fingerprint density at radius 3 is 2.68 bits per heavy atom. The fourth-order valence-corrected chi connectivity index (χ4v) is 4.93. The van der Waals surface area contributed by atoms with E-state index in [2.05, 4.69) is 30.9 Å². The molecule has 31 heavy (non-hydrogen) atoms. The van der Waals surface area contributed by atoms with E-state index >= 15 is 0 Å². The molecule has 7 heteroatoms. The Hall–Kier alpha value is -2.25. The van der Waals surface area contributed by atoms with Gasteiger partial charge < -0.3 is 4.74 Å². The summed E-state index contributed by atoms with van der Waals surface area (Å²) in [7, 11) is 0. The Balaban J connectivity index is 1.62. The molecule has 1 amide bonds. The smallest absolute Gasteiger partial charge is 0.252 e. The maximum Gasteiger partial charge on any atom is 0.252 e. The number of fused-ring (bicyclic) bond motifs is 1. The van der Waals surface area contributed by atoms with Gasteiger partial charge >= 0.3 is 0 Å². The van der Waals surface area contributed by atoms with Crippen molar-refractivity contribution in [3.8, 4) is 0 Å². The first-order chi connectivity index (χ1) is 15.0. The average Bonchev–Trinajstić information content (AvgIpc) is 3.23. The Bertz CT molecular complexity index is 1070. The molecule has 1 aliphatic rings. The number of aryl methyl sites for hydroxylation is 2. The number of thiazole rings is 1. The Morgan fingerprint density at radius 2 is 1.94 bits per heavy atom. The van der Waals surface area contributed by atoms with E-state index in [0.29, 0.717) is 11.6 Å². The Morgan fingerprint density at radius 1 is 1.19 bits per heavy atom. The summed E-state index contributed by atoms with van der Waals surface area (Å²) in [6.07, 6.45) is 3.36. The molecule has 1 aliphatic heterocycles. The molecule has 0 unspecified atom stereocenters. The van der Waals surface area contributed by atoms with E-state index in [4.69, 9.17) is 21.3 Å². The number of anilines is 1. The fourth-order valence-electron chi connectivity index (χ4n) is 3.59. The van der Waals surface area contributed by atoms with Crippen LogP contribution in [-0.2, 0) is 9.53 Å². The van der Waals surface area contributed by atoms with Crippen LogP contribution in [0.15, 0.2) is 42.5 Å². The lowest BCUT2D eigenvalue weighted by molar-refractivity contribution is -0.114. The average molecular weight is 456 g/mol. The summed E-state index contributed by atoms with van der Waals surface area (Å²) in [5, 5.41) is 1.35. The van der Waals surface area contributed by atoms with Gasteiger partial charge in [0.05, 0.1) is 23.4 Å². The molecule has 162 valence electrons. The minimum absolute atomic E-state index is 0.0949. The predicted molar refractivity (Wildman–Crippen MR) is 129 cm³/mol. The quantitative estimate of drug-likeness (QED) is 0.493. The number of benzene rings is 2. The number of amides is 1. The van der Waals surface area contributed by atoms with Gasteiger partial charge in [-0.15, -0.1) is 0 Å². The second-order valence-corrected chi connectivity index (χ2v) is 9.06. The van der Waals surface area contributed by atoms with Gasteiger partial charge in [0.25, 0.3) is 5.91 Å². The molecule has 0 spiro atoms. The molecule has 3 aromatic rings. The molecule has 2 aromatic carbocycles. The fraction of sp³-hybridized carbons (Fsp3) is 0.333. The predicted octanol–water partition coefficient (Wildman–Crippen LogP) is 4.95. The number of morpholine rings is 1. The van der Waals surface area contributed by atoms with Crippen LogP contribution in [0, 0.1) is 13.8 Å². The molecule has 1 aromatic heterocycles. The molecule has 4 rings (SSSR count). The lowest BCUT2D eigenvalue weighted by Gasteiger charge is -2.28. The van der Waals surface area contributed by atoms with Crippen molar-refractivity contribution in [2.75, 3.05) is 44.3 Å². The molecule has 0 saturated carbocycles. The van der Waals surface area contributed by atoms with Crippen LogP contribution < -0.4 is 4.90 Å². The van der Waals surface area contributed by atoms with Crippen molar-refractivity contribution in [2.24, 2.45) is 0 Å². The second kappa shape index (κ2) is 9.92. The summed E-state index contributed by atoms with van der Waals surface area (Å²) in [4.78, 5) is 22.2. The van der Waals surface area contributed by atoms with E-state index in [1.165, 1.54) is 5.56 Å². The van der Waals surface area contributed by atoms with Crippen LogP contribution in [0.5, 0.6) is 0 Å². The zero-order valence-corrected chi connectivity index (χ0v) is 19.4. The third-order valence-corrected chi connectivity index (χ3v) is 7.04. The third kappa shape index (κ3) is 5.15.